The summed E-state index contributed by atoms with van der Waals surface area (Å²) in [5.74, 6) is 1.17. The van der Waals surface area contributed by atoms with Crippen LogP contribution >= 0.6 is 0 Å². The summed E-state index contributed by atoms with van der Waals surface area (Å²) in [7, 11) is -0.219. The van der Waals surface area contributed by atoms with Gasteiger partial charge in [-0.15, -0.1) is 10.2 Å². The van der Waals surface area contributed by atoms with E-state index in [1.54, 1.807) is 24.3 Å². The van der Waals surface area contributed by atoms with Crippen LogP contribution in [-0.2, 0) is 10.0 Å². The minimum atomic E-state index is -3.79. The Morgan fingerprint density at radius 2 is 1.66 bits per heavy atom. The maximum absolute atomic E-state index is 12.9. The molecule has 1 aromatic heterocycles. The molecule has 32 heavy (non-hydrogen) atoms. The Morgan fingerprint density at radius 3 is 2.28 bits per heavy atom. The van der Waals surface area contributed by atoms with Crippen LogP contribution in [0.1, 0.15) is 5.56 Å². The molecule has 0 atom stereocenters. The van der Waals surface area contributed by atoms with Gasteiger partial charge in [0, 0.05) is 37.4 Å². The van der Waals surface area contributed by atoms with Crippen molar-refractivity contribution in [3.05, 3.63) is 60.2 Å². The van der Waals surface area contributed by atoms with Crippen LogP contribution in [0.5, 0.6) is 5.75 Å². The van der Waals surface area contributed by atoms with Gasteiger partial charge >= 0.3 is 0 Å². The third kappa shape index (κ3) is 4.84. The number of sulfonamides is 1. The first-order valence-electron chi connectivity index (χ1n) is 10.4. The van der Waals surface area contributed by atoms with E-state index in [-0.39, 0.29) is 4.90 Å². The molecule has 1 N–H and O–H groups in total. The number of likely N-dealkylation sites (N-methyl/N-ethyl adjacent to an activating group) is 1. The normalized spacial score (nSPS) is 14.9. The number of hydrogen-bond donors (Lipinski definition) is 1. The van der Waals surface area contributed by atoms with Crippen molar-refractivity contribution < 1.29 is 13.2 Å². The number of benzene rings is 2. The average molecular weight is 454 g/mol. The van der Waals surface area contributed by atoms with Crippen molar-refractivity contribution in [2.45, 2.75) is 11.8 Å². The summed E-state index contributed by atoms with van der Waals surface area (Å²) in [6, 6.07) is 16.0. The molecule has 0 bridgehead atoms. The van der Waals surface area contributed by atoms with Crippen LogP contribution in [0, 0.1) is 6.92 Å². The Labute approximate surface area is 188 Å². The molecule has 1 aliphatic heterocycles. The maximum Gasteiger partial charge on any atom is 0.265 e. The molecule has 1 aliphatic rings. The minimum Gasteiger partial charge on any atom is -0.495 e. The summed E-state index contributed by atoms with van der Waals surface area (Å²) >= 11 is 0. The van der Waals surface area contributed by atoms with Gasteiger partial charge in [0.25, 0.3) is 10.0 Å². The number of piperazine rings is 1. The molecule has 2 aromatic carbocycles. The van der Waals surface area contributed by atoms with E-state index in [0.29, 0.717) is 11.4 Å². The zero-order chi connectivity index (χ0) is 22.7. The van der Waals surface area contributed by atoms with Gasteiger partial charge in [0.1, 0.15) is 10.6 Å². The van der Waals surface area contributed by atoms with Crippen LogP contribution in [0.3, 0.4) is 0 Å². The Bertz CT molecular complexity index is 1170. The number of nitrogens with zero attached hydrogens (tertiary/aromatic N) is 4. The van der Waals surface area contributed by atoms with E-state index in [9.17, 15) is 8.42 Å². The van der Waals surface area contributed by atoms with E-state index >= 15 is 0 Å². The molecule has 168 valence electrons. The monoisotopic (exact) mass is 453 g/mol. The molecule has 0 radical (unpaired) electrons. The van der Waals surface area contributed by atoms with E-state index in [4.69, 9.17) is 4.74 Å². The van der Waals surface area contributed by atoms with E-state index < -0.39 is 10.0 Å². The number of aryl methyl sites for hydroxylation is 1. The van der Waals surface area contributed by atoms with Crippen LogP contribution in [0.2, 0.25) is 0 Å². The first kappa shape index (κ1) is 22.0. The lowest BCUT2D eigenvalue weighted by molar-refractivity contribution is 0.312. The molecule has 2 heterocycles. The molecule has 3 aromatic rings. The molecular weight excluding hydrogens is 426 g/mol. The molecule has 9 heteroatoms. The fraction of sp³-hybridized carbons (Fsp3) is 0.304. The van der Waals surface area contributed by atoms with Crippen molar-refractivity contribution in [1.29, 1.82) is 0 Å². The molecule has 0 amide bonds. The standard InChI is InChI=1S/C23H27N5O3S/c1-17-4-10-21(31-3)22(16-17)32(29,30)26-19-7-5-18(6-8-19)20-9-11-23(25-24-20)28-14-12-27(2)13-15-28/h4-11,16,26H,12-15H2,1-3H3. The van der Waals surface area contributed by atoms with Gasteiger partial charge in [-0.3, -0.25) is 4.72 Å². The zero-order valence-electron chi connectivity index (χ0n) is 18.4. The number of methoxy groups -OCH3 is 1. The summed E-state index contributed by atoms with van der Waals surface area (Å²) in [5.41, 5.74) is 2.88. The molecule has 0 unspecified atom stereocenters. The Morgan fingerprint density at radius 1 is 0.938 bits per heavy atom. The van der Waals surface area contributed by atoms with Crippen molar-refractivity contribution in [3.8, 4) is 17.0 Å². The number of nitrogens with one attached hydrogen (secondary N) is 1. The summed E-state index contributed by atoms with van der Waals surface area (Å²) in [5, 5.41) is 8.75. The predicted octanol–water partition coefficient (Wildman–Crippen LogP) is 3.01. The second-order valence-electron chi connectivity index (χ2n) is 7.90. The lowest BCUT2D eigenvalue weighted by atomic mass is 10.1. The zero-order valence-corrected chi connectivity index (χ0v) is 19.3. The molecule has 0 spiro atoms. The summed E-state index contributed by atoms with van der Waals surface area (Å²) in [6.45, 7) is 5.73. The van der Waals surface area contributed by atoms with E-state index in [1.807, 2.05) is 37.3 Å². The fourth-order valence-electron chi connectivity index (χ4n) is 3.60. The number of rotatable bonds is 6. The number of anilines is 2. The third-order valence-electron chi connectivity index (χ3n) is 5.52. The number of hydrogen-bond acceptors (Lipinski definition) is 7. The average Bonchev–Trinajstić information content (AvgIpc) is 2.80. The number of aromatic nitrogens is 2. The van der Waals surface area contributed by atoms with Gasteiger partial charge in [-0.1, -0.05) is 18.2 Å². The highest BCUT2D eigenvalue weighted by Crippen LogP contribution is 2.28. The van der Waals surface area contributed by atoms with Crippen molar-refractivity contribution in [2.24, 2.45) is 0 Å². The number of ether oxygens (including phenoxy) is 1. The predicted molar refractivity (Wildman–Crippen MR) is 126 cm³/mol. The largest absolute Gasteiger partial charge is 0.495 e. The highest BCUT2D eigenvalue weighted by atomic mass is 32.2. The molecule has 1 fully saturated rings. The Balaban J connectivity index is 1.48. The van der Waals surface area contributed by atoms with Crippen LogP contribution in [0.4, 0.5) is 11.5 Å². The van der Waals surface area contributed by atoms with Gasteiger partial charge in [0.2, 0.25) is 0 Å². The highest BCUT2D eigenvalue weighted by molar-refractivity contribution is 7.92. The molecule has 8 nitrogen and oxygen atoms in total. The topological polar surface area (TPSA) is 87.7 Å². The van der Waals surface area contributed by atoms with Gasteiger partial charge in [-0.05, 0) is 55.9 Å². The van der Waals surface area contributed by atoms with Crippen LogP contribution in [-0.4, -0.2) is 63.9 Å². The minimum absolute atomic E-state index is 0.106. The second-order valence-corrected chi connectivity index (χ2v) is 9.56. The molecule has 0 saturated carbocycles. The van der Waals surface area contributed by atoms with Crippen molar-refractivity contribution in [2.75, 3.05) is 50.0 Å². The van der Waals surface area contributed by atoms with Gasteiger partial charge in [-0.25, -0.2) is 8.42 Å². The fourth-order valence-corrected chi connectivity index (χ4v) is 4.91. The summed E-state index contributed by atoms with van der Waals surface area (Å²) in [4.78, 5) is 4.63. The van der Waals surface area contributed by atoms with Crippen LogP contribution < -0.4 is 14.4 Å². The molecule has 0 aliphatic carbocycles. The van der Waals surface area contributed by atoms with Gasteiger partial charge < -0.3 is 14.5 Å². The van der Waals surface area contributed by atoms with Gasteiger partial charge in [0.05, 0.1) is 12.8 Å². The van der Waals surface area contributed by atoms with Crippen LogP contribution in [0.25, 0.3) is 11.3 Å². The Hall–Kier alpha value is -3.17. The van der Waals surface area contributed by atoms with Crippen molar-refractivity contribution >= 4 is 21.5 Å². The third-order valence-corrected chi connectivity index (χ3v) is 6.92. The Kier molecular flexibility index (Phi) is 6.29. The van der Waals surface area contributed by atoms with Gasteiger partial charge in [0.15, 0.2) is 5.82 Å². The molecule has 1 saturated heterocycles. The van der Waals surface area contributed by atoms with Gasteiger partial charge in [-0.2, -0.15) is 0 Å². The lowest BCUT2D eigenvalue weighted by Crippen LogP contribution is -2.44. The molecular formula is C23H27N5O3S. The van der Waals surface area contributed by atoms with Crippen LogP contribution in [0.15, 0.2) is 59.5 Å². The highest BCUT2D eigenvalue weighted by Gasteiger charge is 2.20. The quantitative estimate of drug-likeness (QED) is 0.614. The molecule has 4 rings (SSSR count). The van der Waals surface area contributed by atoms with Crippen molar-refractivity contribution in [1.82, 2.24) is 15.1 Å². The summed E-state index contributed by atoms with van der Waals surface area (Å²) in [6.07, 6.45) is 0. The van der Waals surface area contributed by atoms with E-state index in [1.165, 1.54) is 7.11 Å². The lowest BCUT2D eigenvalue weighted by Gasteiger charge is -2.32. The SMILES string of the molecule is COc1ccc(C)cc1S(=O)(=O)Nc1ccc(-c2ccc(N3CCN(C)CC3)nn2)cc1. The maximum atomic E-state index is 12.9. The smallest absolute Gasteiger partial charge is 0.265 e. The second kappa shape index (κ2) is 9.13. The summed E-state index contributed by atoms with van der Waals surface area (Å²) < 4.78 is 33.6. The first-order chi connectivity index (χ1) is 15.4. The van der Waals surface area contributed by atoms with E-state index in [2.05, 4.69) is 31.8 Å². The van der Waals surface area contributed by atoms with E-state index in [0.717, 1.165) is 48.8 Å². The van der Waals surface area contributed by atoms with Crippen molar-refractivity contribution in [3.63, 3.8) is 0 Å². The first-order valence-corrected chi connectivity index (χ1v) is 11.9.